The molecule has 92 valence electrons. The molecular weight excluding hydrogens is 214 g/mol. The zero-order chi connectivity index (χ0) is 12.7. The van der Waals surface area contributed by atoms with Gasteiger partial charge in [0.05, 0.1) is 7.11 Å². The van der Waals surface area contributed by atoms with Crippen molar-refractivity contribution in [2.24, 2.45) is 0 Å². The van der Waals surface area contributed by atoms with Gasteiger partial charge in [-0.05, 0) is 37.1 Å². The molecule has 1 aromatic carbocycles. The number of ether oxygens (including phenoxy) is 1. The van der Waals surface area contributed by atoms with E-state index in [0.29, 0.717) is 0 Å². The molecule has 0 aliphatic rings. The van der Waals surface area contributed by atoms with Crippen molar-refractivity contribution in [2.75, 3.05) is 7.11 Å². The van der Waals surface area contributed by atoms with Gasteiger partial charge in [-0.25, -0.2) is 0 Å². The molecule has 0 spiro atoms. The zero-order valence-electron chi connectivity index (χ0n) is 10.6. The third-order valence-electron chi connectivity index (χ3n) is 2.54. The average molecular weight is 233 g/mol. The van der Waals surface area contributed by atoms with E-state index in [9.17, 15) is 4.79 Å². The molecule has 1 N–H and O–H groups in total. The minimum Gasteiger partial charge on any atom is -0.497 e. The molecule has 0 aliphatic carbocycles. The normalized spacial score (nSPS) is 12.4. The Morgan fingerprint density at radius 2 is 2.06 bits per heavy atom. The fourth-order valence-electron chi connectivity index (χ4n) is 1.28. The maximum absolute atomic E-state index is 11.5. The summed E-state index contributed by atoms with van der Waals surface area (Å²) < 4.78 is 5.06. The van der Waals surface area contributed by atoms with E-state index in [1.165, 1.54) is 0 Å². The molecule has 0 aliphatic heterocycles. The lowest BCUT2D eigenvalue weighted by Gasteiger charge is -2.08. The third-order valence-corrected chi connectivity index (χ3v) is 2.54. The van der Waals surface area contributed by atoms with Crippen molar-refractivity contribution in [3.63, 3.8) is 0 Å². The SMILES string of the molecule is CCC(C)NC(=O)C=Cc1ccc(OC)cc1. The topological polar surface area (TPSA) is 38.3 Å². The lowest BCUT2D eigenvalue weighted by Crippen LogP contribution is -2.30. The lowest BCUT2D eigenvalue weighted by atomic mass is 10.2. The molecule has 3 nitrogen and oxygen atoms in total. The molecule has 17 heavy (non-hydrogen) atoms. The fraction of sp³-hybridized carbons (Fsp3) is 0.357. The Morgan fingerprint density at radius 1 is 1.41 bits per heavy atom. The first-order valence-electron chi connectivity index (χ1n) is 5.78. The quantitative estimate of drug-likeness (QED) is 0.794. The van der Waals surface area contributed by atoms with Gasteiger partial charge in [-0.3, -0.25) is 4.79 Å². The van der Waals surface area contributed by atoms with Crippen molar-refractivity contribution in [3.8, 4) is 5.75 Å². The second-order valence-corrected chi connectivity index (χ2v) is 3.92. The number of carbonyl (C=O) groups is 1. The Hall–Kier alpha value is -1.77. The van der Waals surface area contributed by atoms with Crippen molar-refractivity contribution >= 4 is 12.0 Å². The van der Waals surface area contributed by atoms with E-state index in [-0.39, 0.29) is 11.9 Å². The first kappa shape index (κ1) is 13.3. The highest BCUT2D eigenvalue weighted by atomic mass is 16.5. The van der Waals surface area contributed by atoms with E-state index in [2.05, 4.69) is 5.32 Å². The number of hydrogen-bond acceptors (Lipinski definition) is 2. The van der Waals surface area contributed by atoms with Crippen LogP contribution in [0.3, 0.4) is 0 Å². The van der Waals surface area contributed by atoms with Crippen LogP contribution in [0.1, 0.15) is 25.8 Å². The monoisotopic (exact) mass is 233 g/mol. The number of benzene rings is 1. The second kappa shape index (κ2) is 6.74. The fourth-order valence-corrected chi connectivity index (χ4v) is 1.28. The van der Waals surface area contributed by atoms with Crippen LogP contribution in [0.4, 0.5) is 0 Å². The first-order chi connectivity index (χ1) is 8.15. The molecule has 0 radical (unpaired) electrons. The molecule has 1 unspecified atom stereocenters. The van der Waals surface area contributed by atoms with Gasteiger partial charge >= 0.3 is 0 Å². The van der Waals surface area contributed by atoms with Crippen LogP contribution in [-0.4, -0.2) is 19.1 Å². The van der Waals surface area contributed by atoms with Crippen molar-refractivity contribution in [2.45, 2.75) is 26.3 Å². The predicted molar refractivity (Wildman–Crippen MR) is 69.9 cm³/mol. The summed E-state index contributed by atoms with van der Waals surface area (Å²) in [7, 11) is 1.63. The van der Waals surface area contributed by atoms with Gasteiger partial charge in [0.2, 0.25) is 5.91 Å². The van der Waals surface area contributed by atoms with Gasteiger partial charge < -0.3 is 10.1 Å². The summed E-state index contributed by atoms with van der Waals surface area (Å²) in [6.07, 6.45) is 4.27. The Morgan fingerprint density at radius 3 is 2.59 bits per heavy atom. The van der Waals surface area contributed by atoms with Crippen LogP contribution < -0.4 is 10.1 Å². The van der Waals surface area contributed by atoms with Crippen LogP contribution in [0.15, 0.2) is 30.3 Å². The molecule has 0 heterocycles. The zero-order valence-corrected chi connectivity index (χ0v) is 10.6. The Bertz CT molecular complexity index is 382. The number of nitrogens with one attached hydrogen (secondary N) is 1. The van der Waals surface area contributed by atoms with Crippen LogP contribution >= 0.6 is 0 Å². The highest BCUT2D eigenvalue weighted by Crippen LogP contribution is 2.12. The summed E-state index contributed by atoms with van der Waals surface area (Å²) in [6, 6.07) is 7.76. The van der Waals surface area contributed by atoms with E-state index in [1.54, 1.807) is 19.3 Å². The van der Waals surface area contributed by atoms with Crippen molar-refractivity contribution in [3.05, 3.63) is 35.9 Å². The van der Waals surface area contributed by atoms with E-state index >= 15 is 0 Å². The Balaban J connectivity index is 2.54. The standard InChI is InChI=1S/C14H19NO2/c1-4-11(2)15-14(16)10-7-12-5-8-13(17-3)9-6-12/h5-11H,4H2,1-3H3,(H,15,16). The summed E-state index contributed by atoms with van der Waals surface area (Å²) in [5, 5.41) is 2.87. The molecule has 0 saturated heterocycles. The molecule has 1 amide bonds. The van der Waals surface area contributed by atoms with Crippen LogP contribution in [0.5, 0.6) is 5.75 Å². The average Bonchev–Trinajstić information content (AvgIpc) is 2.36. The van der Waals surface area contributed by atoms with Crippen LogP contribution in [0, 0.1) is 0 Å². The Kier molecular flexibility index (Phi) is 5.27. The summed E-state index contributed by atoms with van der Waals surface area (Å²) in [5.41, 5.74) is 0.977. The molecule has 1 rings (SSSR count). The second-order valence-electron chi connectivity index (χ2n) is 3.92. The highest BCUT2D eigenvalue weighted by Gasteiger charge is 2.00. The summed E-state index contributed by atoms with van der Waals surface area (Å²) in [5.74, 6) is 0.751. The maximum atomic E-state index is 11.5. The first-order valence-corrected chi connectivity index (χ1v) is 5.78. The highest BCUT2D eigenvalue weighted by molar-refractivity contribution is 5.91. The maximum Gasteiger partial charge on any atom is 0.244 e. The van der Waals surface area contributed by atoms with Crippen molar-refractivity contribution in [1.29, 1.82) is 0 Å². The molecule has 0 fully saturated rings. The van der Waals surface area contributed by atoms with Crippen molar-refractivity contribution in [1.82, 2.24) is 5.32 Å². The number of carbonyl (C=O) groups excluding carboxylic acids is 1. The van der Waals surface area contributed by atoms with Crippen LogP contribution in [0.25, 0.3) is 6.08 Å². The van der Waals surface area contributed by atoms with Gasteiger partial charge in [0.15, 0.2) is 0 Å². The van der Waals surface area contributed by atoms with Crippen LogP contribution in [-0.2, 0) is 4.79 Å². The Labute approximate surface area is 102 Å². The van der Waals surface area contributed by atoms with Gasteiger partial charge in [-0.15, -0.1) is 0 Å². The van der Waals surface area contributed by atoms with Gasteiger partial charge in [0.25, 0.3) is 0 Å². The predicted octanol–water partition coefficient (Wildman–Crippen LogP) is 2.62. The number of methoxy groups -OCH3 is 1. The number of rotatable bonds is 5. The minimum absolute atomic E-state index is 0.0600. The van der Waals surface area contributed by atoms with E-state index in [0.717, 1.165) is 17.7 Å². The van der Waals surface area contributed by atoms with Gasteiger partial charge in [-0.2, -0.15) is 0 Å². The lowest BCUT2D eigenvalue weighted by molar-refractivity contribution is -0.117. The summed E-state index contributed by atoms with van der Waals surface area (Å²) in [6.45, 7) is 4.03. The van der Waals surface area contributed by atoms with Gasteiger partial charge in [-0.1, -0.05) is 19.1 Å². The van der Waals surface area contributed by atoms with E-state index in [4.69, 9.17) is 4.74 Å². The van der Waals surface area contributed by atoms with E-state index < -0.39 is 0 Å². The summed E-state index contributed by atoms with van der Waals surface area (Å²) >= 11 is 0. The molecule has 0 saturated carbocycles. The summed E-state index contributed by atoms with van der Waals surface area (Å²) in [4.78, 5) is 11.5. The van der Waals surface area contributed by atoms with E-state index in [1.807, 2.05) is 38.1 Å². The molecule has 0 aromatic heterocycles. The number of hydrogen-bond donors (Lipinski definition) is 1. The van der Waals surface area contributed by atoms with Gasteiger partial charge in [0.1, 0.15) is 5.75 Å². The minimum atomic E-state index is -0.0600. The molecule has 0 bridgehead atoms. The smallest absolute Gasteiger partial charge is 0.244 e. The van der Waals surface area contributed by atoms with Crippen molar-refractivity contribution < 1.29 is 9.53 Å². The molecule has 3 heteroatoms. The van der Waals surface area contributed by atoms with Gasteiger partial charge in [0, 0.05) is 12.1 Å². The molecule has 1 atom stereocenters. The van der Waals surface area contributed by atoms with Crippen LogP contribution in [0.2, 0.25) is 0 Å². The third kappa shape index (κ3) is 4.72. The molecule has 1 aromatic rings. The molecular formula is C14H19NO2. The number of amides is 1. The largest absolute Gasteiger partial charge is 0.497 e.